The van der Waals surface area contributed by atoms with Crippen LogP contribution in [-0.4, -0.2) is 66.6 Å². The number of hydrogen-bond donors (Lipinski definition) is 4. The zero-order valence-electron chi connectivity index (χ0n) is 17.0. The van der Waals surface area contributed by atoms with E-state index in [1.165, 1.54) is 17.8 Å². The number of aliphatic hydroxyl groups excluding tert-OH is 2. The lowest BCUT2D eigenvalue weighted by atomic mass is 10.1. The Kier molecular flexibility index (Phi) is 4.96. The molecule has 4 heterocycles. The molecule has 0 radical (unpaired) electrons. The predicted octanol–water partition coefficient (Wildman–Crippen LogP) is -0.00240. The Morgan fingerprint density at radius 2 is 2.19 bits per heavy atom. The van der Waals surface area contributed by atoms with Crippen molar-refractivity contribution < 1.29 is 24.5 Å². The molecule has 0 unspecified atom stereocenters. The van der Waals surface area contributed by atoms with Gasteiger partial charge in [0.15, 0.2) is 23.5 Å². The monoisotopic (exact) mass is 439 g/mol. The minimum absolute atomic E-state index is 0.0894. The fraction of sp³-hybridized carbons (Fsp3) is 0.350. The van der Waals surface area contributed by atoms with Crippen molar-refractivity contribution in [2.24, 2.45) is 5.10 Å². The molecule has 12 heteroatoms. The van der Waals surface area contributed by atoms with Crippen LogP contribution in [0.2, 0.25) is 0 Å². The van der Waals surface area contributed by atoms with Crippen molar-refractivity contribution in [2.75, 3.05) is 17.8 Å². The summed E-state index contributed by atoms with van der Waals surface area (Å²) in [5.41, 5.74) is 11.2. The Morgan fingerprint density at radius 3 is 2.97 bits per heavy atom. The fourth-order valence-electron chi connectivity index (χ4n) is 3.90. The number of ketones is 1. The third kappa shape index (κ3) is 3.34. The number of carbonyl (C=O) groups excluding carboxylic acids is 1. The average molecular weight is 439 g/mol. The Labute approximate surface area is 181 Å². The van der Waals surface area contributed by atoms with Gasteiger partial charge in [0.2, 0.25) is 5.95 Å². The first-order valence-electron chi connectivity index (χ1n) is 10.00. The van der Waals surface area contributed by atoms with Crippen molar-refractivity contribution in [3.8, 4) is 5.75 Å². The van der Waals surface area contributed by atoms with E-state index >= 15 is 0 Å². The SMILES string of the molecule is CC(=O)[C@H]1O[C@@H](n2cnc3c(N)nc(N/N=C\c4cccc5c4OCC5)nc32)[C@H](O)[C@@H]1O. The first-order chi connectivity index (χ1) is 15.4. The maximum absolute atomic E-state index is 11.7. The van der Waals surface area contributed by atoms with Gasteiger partial charge in [-0.15, -0.1) is 0 Å². The number of nitrogens with one attached hydrogen (secondary N) is 1. The Balaban J connectivity index is 1.43. The summed E-state index contributed by atoms with van der Waals surface area (Å²) >= 11 is 0. The van der Waals surface area contributed by atoms with E-state index in [0.29, 0.717) is 6.61 Å². The van der Waals surface area contributed by atoms with Crippen molar-refractivity contribution in [2.45, 2.75) is 37.9 Å². The molecule has 5 N–H and O–H groups in total. The maximum atomic E-state index is 11.7. The number of nitrogens with two attached hydrogens (primary N) is 1. The fourth-order valence-corrected chi connectivity index (χ4v) is 3.90. The normalized spacial score (nSPS) is 24.7. The molecule has 32 heavy (non-hydrogen) atoms. The number of fused-ring (bicyclic) bond motifs is 2. The highest BCUT2D eigenvalue weighted by Gasteiger charge is 2.46. The third-order valence-corrected chi connectivity index (χ3v) is 5.47. The van der Waals surface area contributed by atoms with Crippen molar-refractivity contribution >= 4 is 34.9 Å². The minimum Gasteiger partial charge on any atom is -0.492 e. The van der Waals surface area contributed by atoms with Gasteiger partial charge in [0.1, 0.15) is 29.6 Å². The van der Waals surface area contributed by atoms with Crippen LogP contribution in [0.25, 0.3) is 11.2 Å². The van der Waals surface area contributed by atoms with Crippen LogP contribution in [-0.2, 0) is 16.0 Å². The molecule has 5 rings (SSSR count). The molecule has 2 aliphatic heterocycles. The summed E-state index contributed by atoms with van der Waals surface area (Å²) in [6.07, 6.45) is -1.13. The molecule has 0 amide bonds. The number of benzene rings is 1. The first-order valence-corrected chi connectivity index (χ1v) is 10.00. The van der Waals surface area contributed by atoms with E-state index in [1.54, 1.807) is 6.21 Å². The van der Waals surface area contributed by atoms with Crippen LogP contribution in [0.5, 0.6) is 5.75 Å². The minimum atomic E-state index is -1.37. The molecular weight excluding hydrogens is 418 g/mol. The van der Waals surface area contributed by atoms with E-state index in [-0.39, 0.29) is 22.9 Å². The summed E-state index contributed by atoms with van der Waals surface area (Å²) in [6.45, 7) is 1.92. The average Bonchev–Trinajstić information content (AvgIpc) is 3.47. The number of nitrogens with zero attached hydrogens (tertiary/aromatic N) is 5. The number of ether oxygens (including phenoxy) is 2. The summed E-state index contributed by atoms with van der Waals surface area (Å²) in [5, 5.41) is 24.7. The largest absolute Gasteiger partial charge is 0.492 e. The number of rotatable bonds is 5. The van der Waals surface area contributed by atoms with Crippen LogP contribution in [0.1, 0.15) is 24.3 Å². The molecule has 4 atom stereocenters. The Hall–Kier alpha value is -3.61. The number of hydrazone groups is 1. The summed E-state index contributed by atoms with van der Waals surface area (Å²) in [4.78, 5) is 24.4. The van der Waals surface area contributed by atoms with Gasteiger partial charge in [0.05, 0.1) is 19.1 Å². The summed E-state index contributed by atoms with van der Waals surface area (Å²) in [6, 6.07) is 5.83. The van der Waals surface area contributed by atoms with Crippen LogP contribution < -0.4 is 15.9 Å². The van der Waals surface area contributed by atoms with Gasteiger partial charge in [0.25, 0.3) is 0 Å². The van der Waals surface area contributed by atoms with Crippen molar-refractivity contribution in [3.63, 3.8) is 0 Å². The highest BCUT2D eigenvalue weighted by molar-refractivity contribution is 5.86. The molecular formula is C20H21N7O5. The number of nitrogen functional groups attached to an aromatic ring is 1. The van der Waals surface area contributed by atoms with Gasteiger partial charge in [-0.05, 0) is 18.6 Å². The topological polar surface area (TPSA) is 170 Å². The second-order valence-electron chi connectivity index (χ2n) is 7.60. The molecule has 3 aromatic rings. The van der Waals surface area contributed by atoms with Gasteiger partial charge in [-0.1, -0.05) is 12.1 Å². The van der Waals surface area contributed by atoms with Crippen molar-refractivity contribution in [1.82, 2.24) is 19.5 Å². The number of para-hydroxylation sites is 1. The smallest absolute Gasteiger partial charge is 0.247 e. The van der Waals surface area contributed by atoms with E-state index in [2.05, 4.69) is 25.5 Å². The summed E-state index contributed by atoms with van der Waals surface area (Å²) < 4.78 is 12.6. The van der Waals surface area contributed by atoms with E-state index < -0.39 is 30.3 Å². The molecule has 0 aliphatic carbocycles. The third-order valence-electron chi connectivity index (χ3n) is 5.47. The van der Waals surface area contributed by atoms with Gasteiger partial charge < -0.3 is 25.4 Å². The lowest BCUT2D eigenvalue weighted by molar-refractivity contribution is -0.133. The molecule has 0 bridgehead atoms. The zero-order valence-corrected chi connectivity index (χ0v) is 17.0. The summed E-state index contributed by atoms with van der Waals surface area (Å²) in [7, 11) is 0. The number of aromatic nitrogens is 4. The number of aliphatic hydroxyl groups is 2. The van der Waals surface area contributed by atoms with Crippen LogP contribution >= 0.6 is 0 Å². The second-order valence-corrected chi connectivity index (χ2v) is 7.60. The number of hydrogen-bond acceptors (Lipinski definition) is 11. The Bertz CT molecular complexity index is 1230. The highest BCUT2D eigenvalue weighted by Crippen LogP contribution is 2.33. The van der Waals surface area contributed by atoms with Gasteiger partial charge in [-0.3, -0.25) is 9.36 Å². The maximum Gasteiger partial charge on any atom is 0.247 e. The molecule has 0 saturated carbocycles. The van der Waals surface area contributed by atoms with E-state index in [0.717, 1.165) is 23.3 Å². The number of anilines is 2. The lowest BCUT2D eigenvalue weighted by Crippen LogP contribution is -2.34. The standard InChI is InChI=1S/C20H21N7O5/c1-9(28)15-13(29)14(30)19(32-15)27-8-22-12-17(21)24-20(25-18(12)27)26-23-7-11-4-2-3-10-5-6-31-16(10)11/h2-4,7-8,13-15,19,29-30H,5-6H2,1H3,(H3,21,24,25,26)/b23-7-/t13-,14+,15+,19+/m0/s1. The first kappa shape index (κ1) is 20.3. The number of imidazole rings is 1. The van der Waals surface area contributed by atoms with Crippen molar-refractivity contribution in [3.05, 3.63) is 35.7 Å². The number of carbonyl (C=O) groups is 1. The molecule has 166 valence electrons. The van der Waals surface area contributed by atoms with Crippen molar-refractivity contribution in [1.29, 1.82) is 0 Å². The molecule has 1 aromatic carbocycles. The highest BCUT2D eigenvalue weighted by atomic mass is 16.6. The summed E-state index contributed by atoms with van der Waals surface area (Å²) in [5.74, 6) is 0.591. The van der Waals surface area contributed by atoms with E-state index in [1.807, 2.05) is 18.2 Å². The molecule has 1 saturated heterocycles. The van der Waals surface area contributed by atoms with E-state index in [4.69, 9.17) is 15.2 Å². The van der Waals surface area contributed by atoms with Crippen LogP contribution in [0.3, 0.4) is 0 Å². The molecule has 0 spiro atoms. The van der Waals surface area contributed by atoms with Gasteiger partial charge in [-0.2, -0.15) is 15.1 Å². The second kappa shape index (κ2) is 7.82. The van der Waals surface area contributed by atoms with Crippen LogP contribution in [0, 0.1) is 0 Å². The predicted molar refractivity (Wildman–Crippen MR) is 113 cm³/mol. The number of Topliss-reactive ketones (excluding diaryl/α,β-unsaturated/α-hetero) is 1. The van der Waals surface area contributed by atoms with Crippen LogP contribution in [0.15, 0.2) is 29.6 Å². The van der Waals surface area contributed by atoms with Crippen LogP contribution in [0.4, 0.5) is 11.8 Å². The molecule has 2 aromatic heterocycles. The molecule has 2 aliphatic rings. The Morgan fingerprint density at radius 1 is 1.34 bits per heavy atom. The molecule has 1 fully saturated rings. The van der Waals surface area contributed by atoms with Gasteiger partial charge in [-0.25, -0.2) is 10.4 Å². The zero-order chi connectivity index (χ0) is 22.4. The quantitative estimate of drug-likeness (QED) is 0.313. The van der Waals surface area contributed by atoms with E-state index in [9.17, 15) is 15.0 Å². The van der Waals surface area contributed by atoms with Gasteiger partial charge in [0, 0.05) is 12.0 Å². The lowest BCUT2D eigenvalue weighted by Gasteiger charge is -2.16. The van der Waals surface area contributed by atoms with Gasteiger partial charge >= 0.3 is 0 Å². The molecule has 12 nitrogen and oxygen atoms in total.